The van der Waals surface area contributed by atoms with E-state index in [1.165, 1.54) is 6.92 Å². The summed E-state index contributed by atoms with van der Waals surface area (Å²) in [7, 11) is -3.35. The third kappa shape index (κ3) is 4.21. The fourth-order valence-corrected chi connectivity index (χ4v) is 2.92. The summed E-state index contributed by atoms with van der Waals surface area (Å²) in [5, 5.41) is 8.12. The molecule has 1 aliphatic heterocycles. The molecule has 0 bridgehead atoms. The number of nitrogens with one attached hydrogen (secondary N) is 1. The minimum absolute atomic E-state index is 0.335. The average Bonchev–Trinajstić information content (AvgIpc) is 2.74. The summed E-state index contributed by atoms with van der Waals surface area (Å²) in [6.45, 7) is 7.96. The van der Waals surface area contributed by atoms with Gasteiger partial charge in [0.2, 0.25) is 10.0 Å². The van der Waals surface area contributed by atoms with Crippen molar-refractivity contribution in [1.82, 2.24) is 9.62 Å². The van der Waals surface area contributed by atoms with Crippen LogP contribution in [0.25, 0.3) is 0 Å². The first-order valence-corrected chi connectivity index (χ1v) is 7.74. The van der Waals surface area contributed by atoms with Gasteiger partial charge >= 0.3 is 0 Å². The molecule has 17 heavy (non-hydrogen) atoms. The quantitative estimate of drug-likeness (QED) is 0.709. The van der Waals surface area contributed by atoms with Crippen molar-refractivity contribution in [3.63, 3.8) is 0 Å². The lowest BCUT2D eigenvalue weighted by Gasteiger charge is -2.20. The number of likely N-dealkylation sites (tertiary alicyclic amines) is 1. The van der Waals surface area contributed by atoms with E-state index in [2.05, 4.69) is 23.5 Å². The van der Waals surface area contributed by atoms with Gasteiger partial charge in [0.1, 0.15) is 0 Å². The van der Waals surface area contributed by atoms with E-state index in [4.69, 9.17) is 5.11 Å². The van der Waals surface area contributed by atoms with Gasteiger partial charge in [-0.25, -0.2) is 13.1 Å². The van der Waals surface area contributed by atoms with Crippen LogP contribution in [0.1, 0.15) is 27.2 Å². The maximum atomic E-state index is 11.6. The average molecular weight is 264 g/mol. The van der Waals surface area contributed by atoms with Crippen LogP contribution < -0.4 is 4.72 Å². The van der Waals surface area contributed by atoms with Crippen LogP contribution in [0, 0.1) is 5.92 Å². The summed E-state index contributed by atoms with van der Waals surface area (Å²) in [5.74, 6) is 0.387. The van der Waals surface area contributed by atoms with Crippen LogP contribution in [-0.4, -0.2) is 56.0 Å². The molecule has 2 atom stereocenters. The Morgan fingerprint density at radius 3 is 2.53 bits per heavy atom. The Bertz CT molecular complexity index is 330. The fourth-order valence-electron chi connectivity index (χ4n) is 1.97. The highest BCUT2D eigenvalue weighted by Crippen LogP contribution is 2.18. The Balaban J connectivity index is 2.38. The minimum atomic E-state index is -3.35. The van der Waals surface area contributed by atoms with Crippen molar-refractivity contribution in [3.8, 4) is 0 Å². The second kappa shape index (κ2) is 6.13. The molecule has 0 spiro atoms. The van der Waals surface area contributed by atoms with Gasteiger partial charge in [-0.3, -0.25) is 0 Å². The second-order valence-corrected chi connectivity index (χ2v) is 7.31. The highest BCUT2D eigenvalue weighted by molar-refractivity contribution is 7.90. The van der Waals surface area contributed by atoms with Crippen molar-refractivity contribution in [1.29, 1.82) is 0 Å². The van der Waals surface area contributed by atoms with Crippen LogP contribution in [0.2, 0.25) is 0 Å². The Labute approximate surface area is 104 Å². The van der Waals surface area contributed by atoms with E-state index in [1.54, 1.807) is 0 Å². The Hall–Kier alpha value is -0.170. The molecular formula is C11H24N2O3S. The van der Waals surface area contributed by atoms with E-state index in [0.29, 0.717) is 18.5 Å². The molecule has 102 valence electrons. The smallest absolute Gasteiger partial charge is 0.216 e. The van der Waals surface area contributed by atoms with Gasteiger partial charge in [0.25, 0.3) is 0 Å². The first-order chi connectivity index (χ1) is 7.86. The van der Waals surface area contributed by atoms with Crippen LogP contribution in [-0.2, 0) is 10.0 Å². The van der Waals surface area contributed by atoms with E-state index in [9.17, 15) is 8.42 Å². The van der Waals surface area contributed by atoms with E-state index in [-0.39, 0.29) is 6.61 Å². The zero-order chi connectivity index (χ0) is 13.1. The van der Waals surface area contributed by atoms with E-state index >= 15 is 0 Å². The summed E-state index contributed by atoms with van der Waals surface area (Å²) >= 11 is 0. The SMILES string of the molecule is CC(C)N1CCC(CNS(=O)(=O)C(C)CO)C1. The number of hydrogen-bond donors (Lipinski definition) is 2. The summed E-state index contributed by atoms with van der Waals surface area (Å²) < 4.78 is 25.9. The van der Waals surface area contributed by atoms with Crippen LogP contribution >= 0.6 is 0 Å². The van der Waals surface area contributed by atoms with Gasteiger partial charge in [-0.1, -0.05) is 0 Å². The van der Waals surface area contributed by atoms with Crippen LogP contribution in [0.3, 0.4) is 0 Å². The summed E-state index contributed by atoms with van der Waals surface area (Å²) in [5.41, 5.74) is 0. The minimum Gasteiger partial charge on any atom is -0.395 e. The number of aliphatic hydroxyl groups excluding tert-OH is 1. The topological polar surface area (TPSA) is 69.6 Å². The van der Waals surface area contributed by atoms with E-state index in [1.807, 2.05) is 0 Å². The van der Waals surface area contributed by atoms with E-state index < -0.39 is 15.3 Å². The first kappa shape index (κ1) is 14.9. The maximum absolute atomic E-state index is 11.6. The fraction of sp³-hybridized carbons (Fsp3) is 1.00. The Kier molecular flexibility index (Phi) is 5.37. The molecule has 1 rings (SSSR count). The lowest BCUT2D eigenvalue weighted by molar-refractivity contribution is 0.265. The van der Waals surface area contributed by atoms with Crippen molar-refractivity contribution in [3.05, 3.63) is 0 Å². The molecule has 6 heteroatoms. The summed E-state index contributed by atoms with van der Waals surface area (Å²) in [4.78, 5) is 2.36. The predicted octanol–water partition coefficient (Wildman–Crippen LogP) is 0.0169. The normalized spacial score (nSPS) is 24.4. The van der Waals surface area contributed by atoms with Crippen molar-refractivity contribution in [2.24, 2.45) is 5.92 Å². The second-order valence-electron chi connectivity index (χ2n) is 5.13. The highest BCUT2D eigenvalue weighted by Gasteiger charge is 2.26. The zero-order valence-electron chi connectivity index (χ0n) is 10.9. The number of rotatable bonds is 6. The molecule has 5 nitrogen and oxygen atoms in total. The molecule has 0 aromatic carbocycles. The van der Waals surface area contributed by atoms with Gasteiger partial charge in [0.05, 0.1) is 11.9 Å². The number of sulfonamides is 1. The molecule has 1 saturated heterocycles. The Morgan fingerprint density at radius 1 is 1.41 bits per heavy atom. The van der Waals surface area contributed by atoms with E-state index in [0.717, 1.165) is 19.5 Å². The number of aliphatic hydroxyl groups is 1. The van der Waals surface area contributed by atoms with Gasteiger partial charge in [-0.15, -0.1) is 0 Å². The van der Waals surface area contributed by atoms with Crippen molar-refractivity contribution in [2.75, 3.05) is 26.2 Å². The lowest BCUT2D eigenvalue weighted by atomic mass is 10.1. The molecule has 0 saturated carbocycles. The molecule has 0 amide bonds. The number of hydrogen-bond acceptors (Lipinski definition) is 4. The molecule has 0 aliphatic carbocycles. The maximum Gasteiger partial charge on any atom is 0.216 e. The molecule has 2 N–H and O–H groups in total. The summed E-state index contributed by atoms with van der Waals surface area (Å²) in [6.07, 6.45) is 1.04. The largest absolute Gasteiger partial charge is 0.395 e. The number of nitrogens with zero attached hydrogens (tertiary/aromatic N) is 1. The monoisotopic (exact) mass is 264 g/mol. The molecule has 0 radical (unpaired) electrons. The Morgan fingerprint density at radius 2 is 2.06 bits per heavy atom. The molecule has 0 aromatic heterocycles. The molecule has 2 unspecified atom stereocenters. The third-order valence-corrected chi connectivity index (χ3v) is 5.19. The predicted molar refractivity (Wildman–Crippen MR) is 68.3 cm³/mol. The van der Waals surface area contributed by atoms with Crippen LogP contribution in [0.4, 0.5) is 0 Å². The van der Waals surface area contributed by atoms with Crippen molar-refractivity contribution in [2.45, 2.75) is 38.5 Å². The first-order valence-electron chi connectivity index (χ1n) is 6.20. The highest BCUT2D eigenvalue weighted by atomic mass is 32.2. The van der Waals surface area contributed by atoms with Gasteiger partial charge in [0.15, 0.2) is 0 Å². The van der Waals surface area contributed by atoms with Crippen molar-refractivity contribution >= 4 is 10.0 Å². The molecule has 1 aliphatic rings. The molecule has 1 fully saturated rings. The summed E-state index contributed by atoms with van der Waals surface area (Å²) in [6, 6.07) is 0.521. The van der Waals surface area contributed by atoms with Gasteiger partial charge in [-0.05, 0) is 39.7 Å². The van der Waals surface area contributed by atoms with Gasteiger partial charge in [0, 0.05) is 19.1 Å². The molecular weight excluding hydrogens is 240 g/mol. The molecule has 1 heterocycles. The standard InChI is InChI=1S/C11H24N2O3S/c1-9(2)13-5-4-11(7-13)6-12-17(15,16)10(3)8-14/h9-12,14H,4-8H2,1-3H3. The zero-order valence-corrected chi connectivity index (χ0v) is 11.7. The van der Waals surface area contributed by atoms with Gasteiger partial charge < -0.3 is 10.0 Å². The molecule has 0 aromatic rings. The van der Waals surface area contributed by atoms with Crippen molar-refractivity contribution < 1.29 is 13.5 Å². The van der Waals surface area contributed by atoms with Crippen LogP contribution in [0.15, 0.2) is 0 Å². The third-order valence-electron chi connectivity index (χ3n) is 3.41. The van der Waals surface area contributed by atoms with Crippen LogP contribution in [0.5, 0.6) is 0 Å². The van der Waals surface area contributed by atoms with Gasteiger partial charge in [-0.2, -0.15) is 0 Å². The lowest BCUT2D eigenvalue weighted by Crippen LogP contribution is -2.38.